The molecule has 28 heavy (non-hydrogen) atoms. The molecule has 1 saturated heterocycles. The fraction of sp³-hybridized carbons (Fsp3) is 0.389. The Morgan fingerprint density at radius 1 is 1.18 bits per heavy atom. The van der Waals surface area contributed by atoms with Crippen molar-refractivity contribution in [3.8, 4) is 5.75 Å². The molecule has 0 unspecified atom stereocenters. The van der Waals surface area contributed by atoms with E-state index in [2.05, 4.69) is 14.6 Å². The van der Waals surface area contributed by atoms with Crippen LogP contribution in [0.15, 0.2) is 35.5 Å². The third-order valence-corrected chi connectivity index (χ3v) is 6.21. The Morgan fingerprint density at radius 2 is 1.86 bits per heavy atom. The van der Waals surface area contributed by atoms with E-state index in [0.29, 0.717) is 12.3 Å². The maximum atomic E-state index is 12.9. The molecule has 1 fully saturated rings. The van der Waals surface area contributed by atoms with Gasteiger partial charge in [-0.2, -0.15) is 0 Å². The summed E-state index contributed by atoms with van der Waals surface area (Å²) in [6.07, 6.45) is 5.29. The monoisotopic (exact) mass is 445 g/mol. The van der Waals surface area contributed by atoms with Crippen molar-refractivity contribution in [3.05, 3.63) is 40.6 Å². The van der Waals surface area contributed by atoms with Gasteiger partial charge in [-0.25, -0.2) is 8.42 Å². The molecule has 1 N–H and O–H groups in total. The van der Waals surface area contributed by atoms with Crippen molar-refractivity contribution in [3.63, 3.8) is 0 Å². The first-order valence-electron chi connectivity index (χ1n) is 8.75. The lowest BCUT2D eigenvalue weighted by Gasteiger charge is -2.21. The molecule has 10 heteroatoms. The second-order valence-corrected chi connectivity index (χ2v) is 8.75. The molecule has 2 heterocycles. The Morgan fingerprint density at radius 3 is 2.50 bits per heavy atom. The maximum Gasteiger partial charge on any atom is 0.262 e. The van der Waals surface area contributed by atoms with Crippen molar-refractivity contribution in [2.45, 2.75) is 17.7 Å². The Bertz CT molecular complexity index is 911. The Balaban J connectivity index is 1.86. The van der Waals surface area contributed by atoms with Gasteiger partial charge in [0.1, 0.15) is 6.61 Å². The smallest absolute Gasteiger partial charge is 0.262 e. The number of halogens is 2. The zero-order valence-corrected chi connectivity index (χ0v) is 17.6. The predicted molar refractivity (Wildman–Crippen MR) is 110 cm³/mol. The van der Waals surface area contributed by atoms with Crippen LogP contribution in [0.2, 0.25) is 10.0 Å². The number of nitrogens with zero attached hydrogens (tertiary/aromatic N) is 2. The van der Waals surface area contributed by atoms with Crippen LogP contribution in [-0.4, -0.2) is 46.8 Å². The Hall–Kier alpha value is -1.74. The molecule has 1 aliphatic heterocycles. The van der Waals surface area contributed by atoms with Crippen molar-refractivity contribution in [2.75, 3.05) is 43.0 Å². The average Bonchev–Trinajstić information content (AvgIpc) is 3.18. The van der Waals surface area contributed by atoms with Crippen LogP contribution in [0, 0.1) is 0 Å². The first-order valence-corrected chi connectivity index (χ1v) is 11.0. The number of methoxy groups -OCH3 is 1. The quantitative estimate of drug-likeness (QED) is 0.622. The molecule has 0 amide bonds. The highest BCUT2D eigenvalue weighted by molar-refractivity contribution is 7.92. The van der Waals surface area contributed by atoms with Crippen LogP contribution in [0.4, 0.5) is 11.4 Å². The maximum absolute atomic E-state index is 12.9. The molecule has 0 radical (unpaired) electrons. The van der Waals surface area contributed by atoms with Crippen molar-refractivity contribution in [2.24, 2.45) is 0 Å². The topological polar surface area (TPSA) is 80.8 Å². The number of sulfonamides is 1. The fourth-order valence-electron chi connectivity index (χ4n) is 2.96. The van der Waals surface area contributed by atoms with Gasteiger partial charge in [0.25, 0.3) is 10.0 Å². The fourth-order valence-corrected chi connectivity index (χ4v) is 4.80. The summed E-state index contributed by atoms with van der Waals surface area (Å²) in [5.74, 6) is 0.221. The standard InChI is InChI=1S/C18H21Cl2N3O4S/c1-26-8-9-27-18-14(19)10-13(11-15(18)20)28(24,25)22-16-12-21-5-4-17(16)23-6-2-3-7-23/h4-5,10-12,22H,2-3,6-9H2,1H3. The number of nitrogens with one attached hydrogen (secondary N) is 1. The van der Waals surface area contributed by atoms with Gasteiger partial charge >= 0.3 is 0 Å². The normalized spacial score (nSPS) is 14.3. The summed E-state index contributed by atoms with van der Waals surface area (Å²) < 4.78 is 38.8. The molecule has 1 aromatic heterocycles. The van der Waals surface area contributed by atoms with Crippen LogP contribution in [0.5, 0.6) is 5.75 Å². The van der Waals surface area contributed by atoms with Crippen LogP contribution >= 0.6 is 23.2 Å². The van der Waals surface area contributed by atoms with Gasteiger partial charge in [0.05, 0.1) is 39.1 Å². The summed E-state index contributed by atoms with van der Waals surface area (Å²) in [7, 11) is -2.37. The lowest BCUT2D eigenvalue weighted by atomic mass is 10.3. The van der Waals surface area contributed by atoms with Crippen LogP contribution in [-0.2, 0) is 14.8 Å². The molecule has 0 atom stereocenters. The molecule has 1 aromatic carbocycles. The van der Waals surface area contributed by atoms with E-state index in [1.54, 1.807) is 19.4 Å². The van der Waals surface area contributed by atoms with Gasteiger partial charge in [0.15, 0.2) is 5.75 Å². The number of anilines is 2. The van der Waals surface area contributed by atoms with Crippen LogP contribution < -0.4 is 14.4 Å². The molecule has 0 spiro atoms. The van der Waals surface area contributed by atoms with Gasteiger partial charge in [0.2, 0.25) is 0 Å². The van der Waals surface area contributed by atoms with E-state index in [-0.39, 0.29) is 27.3 Å². The molecule has 0 bridgehead atoms. The third-order valence-electron chi connectivity index (χ3n) is 4.31. The SMILES string of the molecule is COCCOc1c(Cl)cc(S(=O)(=O)Nc2cnccc2N2CCCC2)cc1Cl. The van der Waals surface area contributed by atoms with E-state index in [1.807, 2.05) is 0 Å². The zero-order valence-electron chi connectivity index (χ0n) is 15.3. The summed E-state index contributed by atoms with van der Waals surface area (Å²) in [6.45, 7) is 2.36. The number of benzene rings is 1. The second kappa shape index (κ2) is 9.17. The van der Waals surface area contributed by atoms with Crippen molar-refractivity contribution in [1.82, 2.24) is 4.98 Å². The first kappa shape index (κ1) is 21.0. The van der Waals surface area contributed by atoms with Gasteiger partial charge in [-0.05, 0) is 31.0 Å². The highest BCUT2D eigenvalue weighted by Gasteiger charge is 2.23. The lowest BCUT2D eigenvalue weighted by molar-refractivity contribution is 0.146. The molecule has 2 aromatic rings. The number of rotatable bonds is 8. The summed E-state index contributed by atoms with van der Waals surface area (Å²) in [5, 5.41) is 0.213. The van der Waals surface area contributed by atoms with Gasteiger partial charge < -0.3 is 14.4 Å². The number of pyridine rings is 1. The van der Waals surface area contributed by atoms with E-state index in [4.69, 9.17) is 32.7 Å². The van der Waals surface area contributed by atoms with Gasteiger partial charge in [-0.15, -0.1) is 0 Å². The van der Waals surface area contributed by atoms with E-state index in [1.165, 1.54) is 18.3 Å². The highest BCUT2D eigenvalue weighted by atomic mass is 35.5. The Labute approximate surface area is 174 Å². The van der Waals surface area contributed by atoms with Crippen LogP contribution in [0.1, 0.15) is 12.8 Å². The van der Waals surface area contributed by atoms with Crippen molar-refractivity contribution in [1.29, 1.82) is 0 Å². The Kier molecular flexibility index (Phi) is 6.87. The van der Waals surface area contributed by atoms with E-state index in [9.17, 15) is 8.42 Å². The summed E-state index contributed by atoms with van der Waals surface area (Å²) in [6, 6.07) is 4.42. The van der Waals surface area contributed by atoms with Gasteiger partial charge in [-0.3, -0.25) is 9.71 Å². The molecular formula is C18H21Cl2N3O4S. The number of hydrogen-bond donors (Lipinski definition) is 1. The van der Waals surface area contributed by atoms with E-state index >= 15 is 0 Å². The van der Waals surface area contributed by atoms with E-state index in [0.717, 1.165) is 31.6 Å². The molecule has 7 nitrogen and oxygen atoms in total. The minimum Gasteiger partial charge on any atom is -0.488 e. The summed E-state index contributed by atoms with van der Waals surface area (Å²) in [4.78, 5) is 6.12. The number of hydrogen-bond acceptors (Lipinski definition) is 6. The molecule has 152 valence electrons. The molecule has 0 saturated carbocycles. The summed E-state index contributed by atoms with van der Waals surface area (Å²) in [5.41, 5.74) is 1.21. The molecule has 3 rings (SSSR count). The van der Waals surface area contributed by atoms with Crippen molar-refractivity contribution >= 4 is 44.6 Å². The number of aromatic nitrogens is 1. The largest absolute Gasteiger partial charge is 0.488 e. The average molecular weight is 446 g/mol. The van der Waals surface area contributed by atoms with Crippen molar-refractivity contribution < 1.29 is 17.9 Å². The molecule has 0 aliphatic carbocycles. The number of ether oxygens (including phenoxy) is 2. The van der Waals surface area contributed by atoms with E-state index < -0.39 is 10.0 Å². The zero-order chi connectivity index (χ0) is 20.1. The lowest BCUT2D eigenvalue weighted by Crippen LogP contribution is -2.21. The van der Waals surface area contributed by atoms with Crippen LogP contribution in [0.3, 0.4) is 0 Å². The third kappa shape index (κ3) is 4.81. The first-order chi connectivity index (χ1) is 13.4. The van der Waals surface area contributed by atoms with Gasteiger partial charge in [0, 0.05) is 26.4 Å². The molecule has 1 aliphatic rings. The minimum atomic E-state index is -3.92. The van der Waals surface area contributed by atoms with Gasteiger partial charge in [-0.1, -0.05) is 23.2 Å². The predicted octanol–water partition coefficient (Wildman–Crippen LogP) is 3.81. The highest BCUT2D eigenvalue weighted by Crippen LogP contribution is 2.37. The molecular weight excluding hydrogens is 425 g/mol. The minimum absolute atomic E-state index is 0.0576. The van der Waals surface area contributed by atoms with Crippen LogP contribution in [0.25, 0.3) is 0 Å². The summed E-state index contributed by atoms with van der Waals surface area (Å²) >= 11 is 12.4. The second-order valence-electron chi connectivity index (χ2n) is 6.25.